The van der Waals surface area contributed by atoms with Gasteiger partial charge in [-0.05, 0) is 39.3 Å². The van der Waals surface area contributed by atoms with Gasteiger partial charge in [-0.1, -0.05) is 6.92 Å². The van der Waals surface area contributed by atoms with Crippen molar-refractivity contribution in [1.29, 1.82) is 0 Å². The van der Waals surface area contributed by atoms with E-state index in [2.05, 4.69) is 31.1 Å². The second-order valence-corrected chi connectivity index (χ2v) is 5.34. The lowest BCUT2D eigenvalue weighted by atomic mass is 9.93. The van der Waals surface area contributed by atoms with Gasteiger partial charge in [-0.15, -0.1) is 0 Å². The standard InChI is InChI=1S/C13H28N2O2/c1-5-14-13(10-16,12-6-7-12)9-15(3)11(2)8-17-4/h11-12,14,16H,5-10H2,1-4H3. The van der Waals surface area contributed by atoms with Crippen LogP contribution in [0.5, 0.6) is 0 Å². The summed E-state index contributed by atoms with van der Waals surface area (Å²) in [4.78, 5) is 2.28. The highest BCUT2D eigenvalue weighted by Crippen LogP contribution is 2.40. The highest BCUT2D eigenvalue weighted by atomic mass is 16.5. The van der Waals surface area contributed by atoms with Gasteiger partial charge in [0.15, 0.2) is 0 Å². The number of hydrogen-bond donors (Lipinski definition) is 2. The molecule has 1 fully saturated rings. The molecule has 0 aromatic heterocycles. The largest absolute Gasteiger partial charge is 0.394 e. The van der Waals surface area contributed by atoms with E-state index in [1.807, 2.05) is 0 Å². The minimum atomic E-state index is -0.120. The molecular weight excluding hydrogens is 216 g/mol. The number of rotatable bonds is 9. The fraction of sp³-hybridized carbons (Fsp3) is 1.00. The van der Waals surface area contributed by atoms with Crippen molar-refractivity contribution in [1.82, 2.24) is 10.2 Å². The van der Waals surface area contributed by atoms with Crippen LogP contribution in [0.2, 0.25) is 0 Å². The van der Waals surface area contributed by atoms with Crippen LogP contribution in [0.3, 0.4) is 0 Å². The Morgan fingerprint density at radius 3 is 2.59 bits per heavy atom. The van der Waals surface area contributed by atoms with Gasteiger partial charge in [-0.2, -0.15) is 0 Å². The first kappa shape index (κ1) is 14.9. The molecule has 4 nitrogen and oxygen atoms in total. The van der Waals surface area contributed by atoms with Crippen LogP contribution in [0.15, 0.2) is 0 Å². The summed E-state index contributed by atoms with van der Waals surface area (Å²) in [6.07, 6.45) is 2.47. The monoisotopic (exact) mass is 244 g/mol. The first-order chi connectivity index (χ1) is 8.09. The van der Waals surface area contributed by atoms with Crippen molar-refractivity contribution < 1.29 is 9.84 Å². The SMILES string of the molecule is CCNC(CO)(CN(C)C(C)COC)C1CC1. The zero-order valence-electron chi connectivity index (χ0n) is 11.7. The summed E-state index contributed by atoms with van der Waals surface area (Å²) in [6, 6.07) is 0.378. The molecule has 0 aromatic rings. The number of nitrogens with one attached hydrogen (secondary N) is 1. The summed E-state index contributed by atoms with van der Waals surface area (Å²) in [5.41, 5.74) is -0.120. The average Bonchev–Trinajstić information content (AvgIpc) is 3.12. The quantitative estimate of drug-likeness (QED) is 0.627. The lowest BCUT2D eigenvalue weighted by Crippen LogP contribution is -2.58. The first-order valence-corrected chi connectivity index (χ1v) is 6.64. The molecule has 0 spiro atoms. The Kier molecular flexibility index (Phi) is 5.86. The molecule has 4 heteroatoms. The summed E-state index contributed by atoms with van der Waals surface area (Å²) < 4.78 is 5.18. The highest BCUT2D eigenvalue weighted by molar-refractivity contribution is 5.02. The third-order valence-electron chi connectivity index (χ3n) is 3.86. The summed E-state index contributed by atoms with van der Waals surface area (Å²) >= 11 is 0. The van der Waals surface area contributed by atoms with Gasteiger partial charge < -0.3 is 15.2 Å². The summed E-state index contributed by atoms with van der Waals surface area (Å²) in [6.45, 7) is 7.00. The van der Waals surface area contributed by atoms with Crippen LogP contribution in [0.1, 0.15) is 26.7 Å². The molecule has 2 N–H and O–H groups in total. The number of aliphatic hydroxyl groups is 1. The Labute approximate surface area is 105 Å². The minimum absolute atomic E-state index is 0.120. The van der Waals surface area contributed by atoms with Gasteiger partial charge in [0.05, 0.1) is 18.8 Å². The molecule has 1 aliphatic carbocycles. The summed E-state index contributed by atoms with van der Waals surface area (Å²) in [5.74, 6) is 0.629. The number of likely N-dealkylation sites (N-methyl/N-ethyl adjacent to an activating group) is 2. The first-order valence-electron chi connectivity index (χ1n) is 6.64. The smallest absolute Gasteiger partial charge is 0.0628 e. The highest BCUT2D eigenvalue weighted by Gasteiger charge is 2.45. The van der Waals surface area contributed by atoms with Crippen LogP contribution in [0.4, 0.5) is 0 Å². The molecule has 17 heavy (non-hydrogen) atoms. The van der Waals surface area contributed by atoms with Crippen LogP contribution >= 0.6 is 0 Å². The Morgan fingerprint density at radius 1 is 1.53 bits per heavy atom. The van der Waals surface area contributed by atoms with Crippen molar-refractivity contribution in [2.45, 2.75) is 38.3 Å². The zero-order valence-corrected chi connectivity index (χ0v) is 11.7. The number of ether oxygens (including phenoxy) is 1. The van der Waals surface area contributed by atoms with Crippen LogP contribution in [0, 0.1) is 5.92 Å². The Bertz CT molecular complexity index is 221. The van der Waals surface area contributed by atoms with E-state index in [9.17, 15) is 5.11 Å². The second-order valence-electron chi connectivity index (χ2n) is 5.34. The molecule has 0 aliphatic heterocycles. The van der Waals surface area contributed by atoms with Gasteiger partial charge in [0.1, 0.15) is 0 Å². The summed E-state index contributed by atoms with van der Waals surface area (Å²) in [7, 11) is 3.84. The van der Waals surface area contributed by atoms with Crippen molar-refractivity contribution in [3.05, 3.63) is 0 Å². The molecule has 0 heterocycles. The molecule has 0 bridgehead atoms. The van der Waals surface area contributed by atoms with Crippen molar-refractivity contribution in [2.24, 2.45) is 5.92 Å². The molecule has 0 radical (unpaired) electrons. The van der Waals surface area contributed by atoms with E-state index in [4.69, 9.17) is 4.74 Å². The van der Waals surface area contributed by atoms with Crippen molar-refractivity contribution in [3.63, 3.8) is 0 Å². The van der Waals surface area contributed by atoms with E-state index < -0.39 is 0 Å². The maximum Gasteiger partial charge on any atom is 0.0628 e. The van der Waals surface area contributed by atoms with Crippen LogP contribution in [-0.4, -0.2) is 62.0 Å². The van der Waals surface area contributed by atoms with Gasteiger partial charge >= 0.3 is 0 Å². The maximum absolute atomic E-state index is 9.76. The van der Waals surface area contributed by atoms with Gasteiger partial charge in [0, 0.05) is 19.7 Å². The number of aliphatic hydroxyl groups excluding tert-OH is 1. The molecule has 0 aromatic carbocycles. The third kappa shape index (κ3) is 3.91. The number of methoxy groups -OCH3 is 1. The fourth-order valence-electron chi connectivity index (χ4n) is 2.52. The van der Waals surface area contributed by atoms with E-state index in [0.717, 1.165) is 19.7 Å². The third-order valence-corrected chi connectivity index (χ3v) is 3.86. The Morgan fingerprint density at radius 2 is 2.18 bits per heavy atom. The van der Waals surface area contributed by atoms with Gasteiger partial charge in [-0.3, -0.25) is 4.90 Å². The second kappa shape index (κ2) is 6.69. The maximum atomic E-state index is 9.76. The predicted octanol–water partition coefficient (Wildman–Crippen LogP) is 0.704. The van der Waals surface area contributed by atoms with Crippen molar-refractivity contribution in [3.8, 4) is 0 Å². The molecule has 1 saturated carbocycles. The molecule has 102 valence electrons. The zero-order chi connectivity index (χ0) is 12.9. The molecule has 0 amide bonds. The van der Waals surface area contributed by atoms with E-state index in [1.165, 1.54) is 12.8 Å². The lowest BCUT2D eigenvalue weighted by molar-refractivity contribution is 0.0604. The van der Waals surface area contributed by atoms with Gasteiger partial charge in [0.2, 0.25) is 0 Å². The molecule has 2 atom stereocenters. The minimum Gasteiger partial charge on any atom is -0.394 e. The normalized spacial score (nSPS) is 21.5. The van der Waals surface area contributed by atoms with Crippen LogP contribution in [-0.2, 0) is 4.74 Å². The fourth-order valence-corrected chi connectivity index (χ4v) is 2.52. The number of hydrogen-bond acceptors (Lipinski definition) is 4. The van der Waals surface area contributed by atoms with Crippen LogP contribution < -0.4 is 5.32 Å². The number of nitrogens with zero attached hydrogens (tertiary/aromatic N) is 1. The van der Waals surface area contributed by atoms with E-state index in [0.29, 0.717) is 12.0 Å². The Balaban J connectivity index is 2.58. The Hall–Kier alpha value is -0.160. The molecule has 1 rings (SSSR count). The molecule has 0 saturated heterocycles. The van der Waals surface area contributed by atoms with Gasteiger partial charge in [-0.25, -0.2) is 0 Å². The van der Waals surface area contributed by atoms with Gasteiger partial charge in [0.25, 0.3) is 0 Å². The summed E-state index contributed by atoms with van der Waals surface area (Å²) in [5, 5.41) is 13.3. The molecule has 2 unspecified atom stereocenters. The lowest BCUT2D eigenvalue weighted by Gasteiger charge is -2.39. The topological polar surface area (TPSA) is 44.7 Å². The van der Waals surface area contributed by atoms with E-state index in [-0.39, 0.29) is 12.1 Å². The van der Waals surface area contributed by atoms with Crippen LogP contribution in [0.25, 0.3) is 0 Å². The van der Waals surface area contributed by atoms with E-state index in [1.54, 1.807) is 7.11 Å². The van der Waals surface area contributed by atoms with E-state index >= 15 is 0 Å². The molecular formula is C13H28N2O2. The predicted molar refractivity (Wildman–Crippen MR) is 70.2 cm³/mol. The molecule has 1 aliphatic rings. The van der Waals surface area contributed by atoms with Crippen molar-refractivity contribution >= 4 is 0 Å². The van der Waals surface area contributed by atoms with Crippen molar-refractivity contribution in [2.75, 3.05) is 40.5 Å². The average molecular weight is 244 g/mol.